The molecule has 0 heterocycles. The van der Waals surface area contributed by atoms with E-state index < -0.39 is 0 Å². The number of benzene rings is 1. The van der Waals surface area contributed by atoms with Gasteiger partial charge in [0, 0.05) is 11.5 Å². The summed E-state index contributed by atoms with van der Waals surface area (Å²) in [5.41, 5.74) is 7.16. The molecule has 19 heavy (non-hydrogen) atoms. The molecule has 0 amide bonds. The van der Waals surface area contributed by atoms with Gasteiger partial charge in [0.25, 0.3) is 0 Å². The Hall–Kier alpha value is -0.780. The highest BCUT2D eigenvalue weighted by molar-refractivity contribution is 14.0. The van der Waals surface area contributed by atoms with E-state index in [0.717, 1.165) is 6.42 Å². The van der Waals surface area contributed by atoms with E-state index in [0.29, 0.717) is 18.5 Å². The minimum atomic E-state index is 0. The van der Waals surface area contributed by atoms with Crippen LogP contribution in [-0.4, -0.2) is 18.5 Å². The Morgan fingerprint density at radius 1 is 1.32 bits per heavy atom. The van der Waals surface area contributed by atoms with Crippen molar-refractivity contribution >= 4 is 29.9 Å². The highest BCUT2D eigenvalue weighted by Crippen LogP contribution is 2.22. The fourth-order valence-corrected chi connectivity index (χ4v) is 1.66. The summed E-state index contributed by atoms with van der Waals surface area (Å²) < 4.78 is 0. The fraction of sp³-hybridized carbons (Fsp3) is 0.533. The Balaban J connectivity index is 0.00000324. The van der Waals surface area contributed by atoms with Crippen molar-refractivity contribution in [2.45, 2.75) is 45.6 Å². The minimum Gasteiger partial charge on any atom is -0.370 e. The summed E-state index contributed by atoms with van der Waals surface area (Å²) in [4.78, 5) is 4.44. The Morgan fingerprint density at radius 2 is 1.89 bits per heavy atom. The quantitative estimate of drug-likeness (QED) is 0.472. The molecular formula is C15H26IN3. The van der Waals surface area contributed by atoms with Gasteiger partial charge in [-0.15, -0.1) is 24.0 Å². The number of guanidine groups is 1. The van der Waals surface area contributed by atoms with Crippen LogP contribution in [0.2, 0.25) is 0 Å². The van der Waals surface area contributed by atoms with Crippen molar-refractivity contribution < 1.29 is 0 Å². The molecule has 1 unspecified atom stereocenters. The molecule has 1 atom stereocenters. The molecule has 0 radical (unpaired) electrons. The standard InChI is InChI=1S/C15H25N3.HI/c1-5-12(2)18-14(16)17-11-15(3,4)13-9-7-6-8-10-13;/h6-10,12H,5,11H2,1-4H3,(H3,16,17,18);1H. The molecular weight excluding hydrogens is 349 g/mol. The fourth-order valence-electron chi connectivity index (χ4n) is 1.66. The van der Waals surface area contributed by atoms with Crippen LogP contribution in [0.4, 0.5) is 0 Å². The van der Waals surface area contributed by atoms with E-state index in [9.17, 15) is 0 Å². The van der Waals surface area contributed by atoms with Crippen molar-refractivity contribution in [1.29, 1.82) is 0 Å². The molecule has 1 aromatic carbocycles. The monoisotopic (exact) mass is 375 g/mol. The van der Waals surface area contributed by atoms with Crippen LogP contribution in [0.1, 0.15) is 39.7 Å². The van der Waals surface area contributed by atoms with E-state index in [4.69, 9.17) is 5.73 Å². The summed E-state index contributed by atoms with van der Waals surface area (Å²) in [6.07, 6.45) is 1.04. The average Bonchev–Trinajstić information content (AvgIpc) is 2.37. The number of nitrogens with one attached hydrogen (secondary N) is 1. The van der Waals surface area contributed by atoms with Gasteiger partial charge in [-0.1, -0.05) is 51.1 Å². The van der Waals surface area contributed by atoms with E-state index in [-0.39, 0.29) is 29.4 Å². The Morgan fingerprint density at radius 3 is 2.42 bits per heavy atom. The summed E-state index contributed by atoms with van der Waals surface area (Å²) in [7, 11) is 0. The minimum absolute atomic E-state index is 0. The summed E-state index contributed by atoms with van der Waals surface area (Å²) in [6.45, 7) is 9.28. The second kappa shape index (κ2) is 8.40. The lowest BCUT2D eigenvalue weighted by molar-refractivity contribution is 0.536. The molecule has 0 bridgehead atoms. The first kappa shape index (κ1) is 18.2. The highest BCUT2D eigenvalue weighted by atomic mass is 127. The van der Waals surface area contributed by atoms with E-state index in [2.05, 4.69) is 62.3 Å². The molecule has 1 rings (SSSR count). The predicted octanol–water partition coefficient (Wildman–Crippen LogP) is 3.29. The molecule has 0 aliphatic rings. The van der Waals surface area contributed by atoms with Gasteiger partial charge < -0.3 is 11.1 Å². The maximum Gasteiger partial charge on any atom is 0.188 e. The molecule has 0 aromatic heterocycles. The molecule has 4 heteroatoms. The van der Waals surface area contributed by atoms with Gasteiger partial charge in [-0.2, -0.15) is 0 Å². The van der Waals surface area contributed by atoms with E-state index in [1.807, 2.05) is 6.07 Å². The van der Waals surface area contributed by atoms with Crippen molar-refractivity contribution in [3.8, 4) is 0 Å². The molecule has 3 nitrogen and oxygen atoms in total. The molecule has 0 fully saturated rings. The molecule has 3 N–H and O–H groups in total. The zero-order valence-corrected chi connectivity index (χ0v) is 14.6. The molecule has 108 valence electrons. The van der Waals surface area contributed by atoms with Crippen LogP contribution in [0.25, 0.3) is 0 Å². The van der Waals surface area contributed by atoms with Crippen molar-refractivity contribution in [2.24, 2.45) is 10.7 Å². The maximum absolute atomic E-state index is 5.87. The third-order valence-corrected chi connectivity index (χ3v) is 3.21. The highest BCUT2D eigenvalue weighted by Gasteiger charge is 2.19. The normalized spacial score (nSPS) is 13.6. The largest absolute Gasteiger partial charge is 0.370 e. The summed E-state index contributed by atoms with van der Waals surface area (Å²) in [5, 5.41) is 3.18. The Bertz CT molecular complexity index is 388. The molecule has 0 saturated carbocycles. The lowest BCUT2D eigenvalue weighted by Crippen LogP contribution is -2.39. The van der Waals surface area contributed by atoms with E-state index in [1.165, 1.54) is 5.56 Å². The summed E-state index contributed by atoms with van der Waals surface area (Å²) in [5.74, 6) is 0.536. The van der Waals surface area contributed by atoms with Gasteiger partial charge in [0.2, 0.25) is 0 Å². The summed E-state index contributed by atoms with van der Waals surface area (Å²) in [6, 6.07) is 10.8. The lowest BCUT2D eigenvalue weighted by Gasteiger charge is -2.23. The first-order chi connectivity index (χ1) is 8.45. The third-order valence-electron chi connectivity index (χ3n) is 3.21. The molecule has 0 aliphatic heterocycles. The molecule has 1 aromatic rings. The van der Waals surface area contributed by atoms with Crippen molar-refractivity contribution in [2.75, 3.05) is 6.54 Å². The number of nitrogens with zero attached hydrogens (tertiary/aromatic N) is 1. The van der Waals surface area contributed by atoms with Crippen LogP contribution >= 0.6 is 24.0 Å². The third kappa shape index (κ3) is 6.27. The SMILES string of the molecule is CCC(C)NC(N)=NCC(C)(C)c1ccccc1.I. The van der Waals surface area contributed by atoms with Gasteiger partial charge in [0.15, 0.2) is 5.96 Å². The smallest absolute Gasteiger partial charge is 0.188 e. The number of rotatable bonds is 5. The second-order valence-electron chi connectivity index (χ2n) is 5.41. The van der Waals surface area contributed by atoms with Crippen LogP contribution in [0, 0.1) is 0 Å². The zero-order chi connectivity index (χ0) is 13.6. The lowest BCUT2D eigenvalue weighted by atomic mass is 9.85. The molecule has 0 aliphatic carbocycles. The average molecular weight is 375 g/mol. The van der Waals surface area contributed by atoms with Crippen LogP contribution in [0.15, 0.2) is 35.3 Å². The van der Waals surface area contributed by atoms with Gasteiger partial charge in [-0.3, -0.25) is 4.99 Å². The van der Waals surface area contributed by atoms with Gasteiger partial charge in [0.1, 0.15) is 0 Å². The summed E-state index contributed by atoms with van der Waals surface area (Å²) >= 11 is 0. The van der Waals surface area contributed by atoms with Gasteiger partial charge in [-0.25, -0.2) is 0 Å². The van der Waals surface area contributed by atoms with Crippen molar-refractivity contribution in [3.63, 3.8) is 0 Å². The van der Waals surface area contributed by atoms with Crippen LogP contribution in [0.3, 0.4) is 0 Å². The molecule has 0 spiro atoms. The number of hydrogen-bond donors (Lipinski definition) is 2. The first-order valence-electron chi connectivity index (χ1n) is 6.57. The number of nitrogens with two attached hydrogens (primary N) is 1. The van der Waals surface area contributed by atoms with Gasteiger partial charge in [-0.05, 0) is 18.9 Å². The topological polar surface area (TPSA) is 50.4 Å². The van der Waals surface area contributed by atoms with Crippen LogP contribution in [-0.2, 0) is 5.41 Å². The van der Waals surface area contributed by atoms with Crippen LogP contribution < -0.4 is 11.1 Å². The molecule has 0 saturated heterocycles. The van der Waals surface area contributed by atoms with E-state index in [1.54, 1.807) is 0 Å². The zero-order valence-electron chi connectivity index (χ0n) is 12.3. The maximum atomic E-state index is 5.87. The number of hydrogen-bond acceptors (Lipinski definition) is 1. The number of aliphatic imine (C=N–C) groups is 1. The van der Waals surface area contributed by atoms with Gasteiger partial charge >= 0.3 is 0 Å². The number of halogens is 1. The van der Waals surface area contributed by atoms with Crippen LogP contribution in [0.5, 0.6) is 0 Å². The van der Waals surface area contributed by atoms with E-state index >= 15 is 0 Å². The second-order valence-corrected chi connectivity index (χ2v) is 5.41. The Kier molecular flexibility index (Phi) is 8.06. The van der Waals surface area contributed by atoms with Crippen molar-refractivity contribution in [1.82, 2.24) is 5.32 Å². The first-order valence-corrected chi connectivity index (χ1v) is 6.57. The van der Waals surface area contributed by atoms with Gasteiger partial charge in [0.05, 0.1) is 6.54 Å². The Labute approximate surface area is 134 Å². The predicted molar refractivity (Wildman–Crippen MR) is 94.3 cm³/mol. The van der Waals surface area contributed by atoms with Crippen molar-refractivity contribution in [3.05, 3.63) is 35.9 Å².